The molecule has 0 radical (unpaired) electrons. The van der Waals surface area contributed by atoms with Crippen molar-refractivity contribution >= 4 is 11.6 Å². The van der Waals surface area contributed by atoms with Crippen LogP contribution in [-0.2, 0) is 11.2 Å². The number of aliphatic hydroxyl groups excluding tert-OH is 1. The van der Waals surface area contributed by atoms with Crippen LogP contribution in [0.25, 0.3) is 10.4 Å². The second-order valence-corrected chi connectivity index (χ2v) is 5.44. The highest BCUT2D eigenvalue weighted by molar-refractivity contribution is 5.94. The molecule has 0 saturated carbocycles. The van der Waals surface area contributed by atoms with Crippen LogP contribution in [0.1, 0.15) is 43.9 Å². The van der Waals surface area contributed by atoms with E-state index in [1.54, 1.807) is 11.8 Å². The van der Waals surface area contributed by atoms with Crippen LogP contribution < -0.4 is 4.90 Å². The first kappa shape index (κ1) is 15.4. The van der Waals surface area contributed by atoms with Gasteiger partial charge in [-0.15, -0.1) is 0 Å². The summed E-state index contributed by atoms with van der Waals surface area (Å²) in [5.41, 5.74) is 11.1. The summed E-state index contributed by atoms with van der Waals surface area (Å²) in [5, 5.41) is 13.6. The highest BCUT2D eigenvalue weighted by Crippen LogP contribution is 2.34. The number of anilines is 1. The van der Waals surface area contributed by atoms with E-state index in [0.29, 0.717) is 19.4 Å². The molecule has 1 heterocycles. The van der Waals surface area contributed by atoms with Crippen molar-refractivity contribution in [2.24, 2.45) is 5.11 Å². The first-order chi connectivity index (χ1) is 10.0. The monoisotopic (exact) mass is 288 g/mol. The van der Waals surface area contributed by atoms with Crippen LogP contribution in [0.5, 0.6) is 0 Å². The molecule has 1 aromatic carbocycles. The minimum atomic E-state index is -0.564. The number of nitrogens with zero attached hydrogens (tertiary/aromatic N) is 4. The normalized spacial score (nSPS) is 18.0. The standard InChI is InChI=1S/C15H20N4O2/c1-10-8-13-9-12(15(21)4-3-7-17-18-16)5-6-14(13)19(10)11(2)20/h5-6,9-10,15,21H,3-4,7-8H2,1-2H3. The van der Waals surface area contributed by atoms with E-state index >= 15 is 0 Å². The lowest BCUT2D eigenvalue weighted by molar-refractivity contribution is -0.116. The van der Waals surface area contributed by atoms with Crippen LogP contribution >= 0.6 is 0 Å². The van der Waals surface area contributed by atoms with E-state index in [1.165, 1.54) is 0 Å². The highest BCUT2D eigenvalue weighted by atomic mass is 16.3. The zero-order valence-corrected chi connectivity index (χ0v) is 12.4. The van der Waals surface area contributed by atoms with Gasteiger partial charge in [-0.3, -0.25) is 4.79 Å². The molecule has 2 atom stereocenters. The summed E-state index contributed by atoms with van der Waals surface area (Å²) in [5.74, 6) is 0.0453. The van der Waals surface area contributed by atoms with Gasteiger partial charge in [-0.05, 0) is 48.9 Å². The van der Waals surface area contributed by atoms with E-state index in [9.17, 15) is 9.90 Å². The van der Waals surface area contributed by atoms with Crippen LogP contribution in [0.2, 0.25) is 0 Å². The van der Waals surface area contributed by atoms with Crippen molar-refractivity contribution in [3.8, 4) is 0 Å². The van der Waals surface area contributed by atoms with Gasteiger partial charge in [0.15, 0.2) is 0 Å². The van der Waals surface area contributed by atoms with Gasteiger partial charge in [0, 0.05) is 30.1 Å². The molecule has 2 rings (SSSR count). The third kappa shape index (κ3) is 3.35. The minimum Gasteiger partial charge on any atom is -0.388 e. The van der Waals surface area contributed by atoms with Gasteiger partial charge in [0.1, 0.15) is 0 Å². The zero-order valence-electron chi connectivity index (χ0n) is 12.4. The van der Waals surface area contributed by atoms with Crippen LogP contribution in [-0.4, -0.2) is 23.6 Å². The Morgan fingerprint density at radius 2 is 2.38 bits per heavy atom. The fraction of sp³-hybridized carbons (Fsp3) is 0.533. The molecule has 0 bridgehead atoms. The second-order valence-electron chi connectivity index (χ2n) is 5.44. The van der Waals surface area contributed by atoms with Crippen LogP contribution in [0, 0.1) is 0 Å². The number of hydrogen-bond acceptors (Lipinski definition) is 3. The van der Waals surface area contributed by atoms with E-state index in [1.807, 2.05) is 25.1 Å². The lowest BCUT2D eigenvalue weighted by Crippen LogP contribution is -2.33. The van der Waals surface area contributed by atoms with Crippen molar-refractivity contribution in [1.29, 1.82) is 0 Å². The molecule has 112 valence electrons. The Morgan fingerprint density at radius 1 is 1.62 bits per heavy atom. The van der Waals surface area contributed by atoms with Gasteiger partial charge in [0.05, 0.1) is 6.10 Å². The average molecular weight is 288 g/mol. The fourth-order valence-electron chi connectivity index (χ4n) is 2.90. The summed E-state index contributed by atoms with van der Waals surface area (Å²) >= 11 is 0. The fourth-order valence-corrected chi connectivity index (χ4v) is 2.90. The quantitative estimate of drug-likeness (QED) is 0.390. The SMILES string of the molecule is CC(=O)N1c2ccc(C(O)CCCN=[N+]=[N-])cc2CC1C. The Balaban J connectivity index is 2.10. The van der Waals surface area contributed by atoms with E-state index in [0.717, 1.165) is 23.2 Å². The maximum absolute atomic E-state index is 11.7. The molecule has 0 aromatic heterocycles. The molecule has 6 nitrogen and oxygen atoms in total. The van der Waals surface area contributed by atoms with Crippen molar-refractivity contribution < 1.29 is 9.90 Å². The second kappa shape index (κ2) is 6.61. The Bertz CT molecular complexity index is 581. The number of amides is 1. The predicted octanol–water partition coefficient (Wildman–Crippen LogP) is 3.11. The number of azide groups is 1. The van der Waals surface area contributed by atoms with Gasteiger partial charge in [-0.2, -0.15) is 0 Å². The molecule has 21 heavy (non-hydrogen) atoms. The average Bonchev–Trinajstić information content (AvgIpc) is 2.78. The first-order valence-electron chi connectivity index (χ1n) is 7.16. The number of hydrogen-bond donors (Lipinski definition) is 1. The Hall–Kier alpha value is -2.04. The van der Waals surface area contributed by atoms with Crippen molar-refractivity contribution in [1.82, 2.24) is 0 Å². The minimum absolute atomic E-state index is 0.0453. The molecule has 0 spiro atoms. The zero-order chi connectivity index (χ0) is 15.4. The predicted molar refractivity (Wildman–Crippen MR) is 81.0 cm³/mol. The van der Waals surface area contributed by atoms with Crippen molar-refractivity contribution in [3.63, 3.8) is 0 Å². The van der Waals surface area contributed by atoms with Gasteiger partial charge in [0.2, 0.25) is 5.91 Å². The summed E-state index contributed by atoms with van der Waals surface area (Å²) in [7, 11) is 0. The van der Waals surface area contributed by atoms with Gasteiger partial charge < -0.3 is 10.0 Å². The van der Waals surface area contributed by atoms with Gasteiger partial charge in [-0.25, -0.2) is 0 Å². The maximum Gasteiger partial charge on any atom is 0.224 e. The molecule has 1 aliphatic heterocycles. The topological polar surface area (TPSA) is 89.3 Å². The summed E-state index contributed by atoms with van der Waals surface area (Å²) in [4.78, 5) is 16.2. The Kier molecular flexibility index (Phi) is 4.83. The molecule has 0 aliphatic carbocycles. The van der Waals surface area contributed by atoms with Crippen LogP contribution in [0.4, 0.5) is 5.69 Å². The molecule has 2 unspecified atom stereocenters. The van der Waals surface area contributed by atoms with Crippen LogP contribution in [0.15, 0.2) is 23.3 Å². The highest BCUT2D eigenvalue weighted by Gasteiger charge is 2.29. The van der Waals surface area contributed by atoms with E-state index in [4.69, 9.17) is 5.53 Å². The van der Waals surface area contributed by atoms with E-state index < -0.39 is 6.10 Å². The van der Waals surface area contributed by atoms with Crippen molar-refractivity contribution in [2.45, 2.75) is 45.3 Å². The van der Waals surface area contributed by atoms with Gasteiger partial charge in [0.25, 0.3) is 0 Å². The molecule has 1 amide bonds. The number of fused-ring (bicyclic) bond motifs is 1. The first-order valence-corrected chi connectivity index (χ1v) is 7.16. The Labute approximate surface area is 124 Å². The molecule has 0 fully saturated rings. The smallest absolute Gasteiger partial charge is 0.224 e. The lowest BCUT2D eigenvalue weighted by Gasteiger charge is -2.20. The molecule has 1 N–H and O–H groups in total. The van der Waals surface area contributed by atoms with Crippen LogP contribution in [0.3, 0.4) is 0 Å². The third-order valence-electron chi connectivity index (χ3n) is 3.84. The maximum atomic E-state index is 11.7. The number of rotatable bonds is 5. The summed E-state index contributed by atoms with van der Waals surface area (Å²) in [6.45, 7) is 4.00. The molecule has 6 heteroatoms. The molecular weight excluding hydrogens is 268 g/mol. The lowest BCUT2D eigenvalue weighted by atomic mass is 10.0. The third-order valence-corrected chi connectivity index (χ3v) is 3.84. The largest absolute Gasteiger partial charge is 0.388 e. The number of aliphatic hydroxyl groups is 1. The molecule has 1 aliphatic rings. The van der Waals surface area contributed by atoms with E-state index in [-0.39, 0.29) is 11.9 Å². The van der Waals surface area contributed by atoms with Crippen molar-refractivity contribution in [2.75, 3.05) is 11.4 Å². The van der Waals surface area contributed by atoms with Gasteiger partial charge >= 0.3 is 0 Å². The summed E-state index contributed by atoms with van der Waals surface area (Å²) in [6.07, 6.45) is 1.46. The summed E-state index contributed by atoms with van der Waals surface area (Å²) < 4.78 is 0. The molecular formula is C15H20N4O2. The number of carbonyl (C=O) groups is 1. The summed E-state index contributed by atoms with van der Waals surface area (Å²) in [6, 6.07) is 5.92. The van der Waals surface area contributed by atoms with Crippen molar-refractivity contribution in [3.05, 3.63) is 39.8 Å². The number of carbonyl (C=O) groups excluding carboxylic acids is 1. The van der Waals surface area contributed by atoms with E-state index in [2.05, 4.69) is 10.0 Å². The Morgan fingerprint density at radius 3 is 3.05 bits per heavy atom. The molecule has 0 saturated heterocycles. The molecule has 1 aromatic rings. The number of benzene rings is 1. The van der Waals surface area contributed by atoms with Gasteiger partial charge in [-0.1, -0.05) is 17.2 Å².